The average molecular weight is 591 g/mol. The van der Waals surface area contributed by atoms with Gasteiger partial charge in [0.2, 0.25) is 17.6 Å². The minimum atomic E-state index is -1.01. The fraction of sp³-hybridized carbons (Fsp3) is 0.700. The Labute approximate surface area is 247 Å². The quantitative estimate of drug-likeness (QED) is 0.356. The van der Waals surface area contributed by atoms with Gasteiger partial charge < -0.3 is 25.6 Å². The maximum atomic E-state index is 14.0. The minimum absolute atomic E-state index is 0.0985. The molecule has 3 N–H and O–H groups in total. The van der Waals surface area contributed by atoms with Gasteiger partial charge in [-0.25, -0.2) is 4.79 Å². The van der Waals surface area contributed by atoms with Crippen LogP contribution in [0.2, 0.25) is 0 Å². The monoisotopic (exact) mass is 590 g/mol. The molecular weight excluding hydrogens is 544 g/mol. The van der Waals surface area contributed by atoms with Crippen molar-refractivity contribution in [1.82, 2.24) is 20.9 Å². The molecule has 41 heavy (non-hydrogen) atoms. The van der Waals surface area contributed by atoms with Gasteiger partial charge in [0.15, 0.2) is 0 Å². The third kappa shape index (κ3) is 7.67. The number of piperidine rings is 1. The first kappa shape index (κ1) is 32.6. The zero-order valence-electron chi connectivity index (χ0n) is 25.8. The number of amides is 4. The van der Waals surface area contributed by atoms with E-state index in [2.05, 4.69) is 29.8 Å². The van der Waals surface area contributed by atoms with Gasteiger partial charge in [-0.1, -0.05) is 54.0 Å². The first-order valence-electron chi connectivity index (χ1n) is 14.3. The van der Waals surface area contributed by atoms with Crippen molar-refractivity contribution >= 4 is 40.9 Å². The molecule has 228 valence electrons. The molecule has 1 aromatic heterocycles. The van der Waals surface area contributed by atoms with Gasteiger partial charge in [-0.3, -0.25) is 19.2 Å². The van der Waals surface area contributed by atoms with Crippen molar-refractivity contribution in [2.45, 2.75) is 105 Å². The molecule has 1 saturated carbocycles. The van der Waals surface area contributed by atoms with Crippen LogP contribution in [0.1, 0.15) is 80.0 Å². The Morgan fingerprint density at radius 1 is 1.10 bits per heavy atom. The number of nitrogens with one attached hydrogen (secondary N) is 3. The number of carbonyl (C=O) groups is 5. The smallest absolute Gasteiger partial charge is 0.408 e. The summed E-state index contributed by atoms with van der Waals surface area (Å²) in [5, 5.41) is 10.1. The molecule has 2 fully saturated rings. The van der Waals surface area contributed by atoms with Gasteiger partial charge in [-0.2, -0.15) is 0 Å². The van der Waals surface area contributed by atoms with E-state index >= 15 is 0 Å². The summed E-state index contributed by atoms with van der Waals surface area (Å²) in [5.41, 5.74) is -1.57. The highest BCUT2D eigenvalue weighted by Gasteiger charge is 2.70. The summed E-state index contributed by atoms with van der Waals surface area (Å²) in [7, 11) is 0. The van der Waals surface area contributed by atoms with Crippen molar-refractivity contribution < 1.29 is 28.7 Å². The van der Waals surface area contributed by atoms with E-state index in [1.807, 2.05) is 45.2 Å². The first-order chi connectivity index (χ1) is 18.9. The topological polar surface area (TPSA) is 134 Å². The maximum absolute atomic E-state index is 14.0. The SMILES string of the molecule is CCC[C@@H](NC(=O)[C@@H]1C2C(CN1C(=O)[C@@H](NC(=O)OC(C)(C)C)C(C)(C)C)C2(C)C)C(=O)C(=O)NCc1cccs1. The van der Waals surface area contributed by atoms with Crippen LogP contribution in [-0.2, 0) is 30.5 Å². The standard InChI is InChI=1S/C30H46N4O6S/c1-10-12-19(22(35)25(37)31-15-17-13-11-14-41-17)32-24(36)21-20-18(30(20,8)9)16-34(21)26(38)23(28(2,3)4)33-27(39)40-29(5,6)7/h11,13-14,18-21,23H,10,12,15-16H2,1-9H3,(H,31,37)(H,32,36)(H,33,39)/t18?,19-,20?,21+,23-/m1/s1. The van der Waals surface area contributed by atoms with E-state index in [0.717, 1.165) is 4.88 Å². The fourth-order valence-electron chi connectivity index (χ4n) is 5.69. The third-order valence-corrected chi connectivity index (χ3v) is 8.85. The molecule has 2 aliphatic rings. The highest BCUT2D eigenvalue weighted by Crippen LogP contribution is 2.65. The van der Waals surface area contributed by atoms with Crippen LogP contribution in [0.5, 0.6) is 0 Å². The van der Waals surface area contributed by atoms with Gasteiger partial charge in [0, 0.05) is 11.4 Å². The number of ketones is 1. The first-order valence-corrected chi connectivity index (χ1v) is 15.2. The van der Waals surface area contributed by atoms with Gasteiger partial charge in [0.05, 0.1) is 12.6 Å². The van der Waals surface area contributed by atoms with Gasteiger partial charge in [0.25, 0.3) is 5.91 Å². The molecule has 1 aliphatic carbocycles. The van der Waals surface area contributed by atoms with Gasteiger partial charge in [-0.15, -0.1) is 11.3 Å². The number of Topliss-reactive ketones (excluding diaryl/α,β-unsaturated/α-hetero) is 1. The molecule has 2 unspecified atom stereocenters. The lowest BCUT2D eigenvalue weighted by molar-refractivity contribution is -0.145. The molecule has 0 aromatic carbocycles. The molecule has 1 saturated heterocycles. The predicted molar refractivity (Wildman–Crippen MR) is 157 cm³/mol. The van der Waals surface area contributed by atoms with Crippen molar-refractivity contribution in [3.8, 4) is 0 Å². The molecule has 0 radical (unpaired) electrons. The van der Waals surface area contributed by atoms with E-state index in [1.54, 1.807) is 20.8 Å². The van der Waals surface area contributed by atoms with Crippen LogP contribution in [0.4, 0.5) is 4.79 Å². The molecule has 11 heteroatoms. The molecule has 0 spiro atoms. The molecular formula is C30H46N4O6S. The number of fused-ring (bicyclic) bond motifs is 1. The summed E-state index contributed by atoms with van der Waals surface area (Å²) in [5.74, 6) is -2.29. The molecule has 0 bridgehead atoms. The Kier molecular flexibility index (Phi) is 9.62. The molecule has 4 amide bonds. The summed E-state index contributed by atoms with van der Waals surface area (Å²) in [6.07, 6.45) is 0.157. The van der Waals surface area contributed by atoms with Gasteiger partial charge in [0.1, 0.15) is 17.7 Å². The van der Waals surface area contributed by atoms with Crippen molar-refractivity contribution in [1.29, 1.82) is 0 Å². The number of rotatable bonds is 10. The Morgan fingerprint density at radius 3 is 2.29 bits per heavy atom. The normalized spacial score (nSPS) is 22.7. The summed E-state index contributed by atoms with van der Waals surface area (Å²) in [4.78, 5) is 68.7. The lowest BCUT2D eigenvalue weighted by Crippen LogP contribution is -2.60. The van der Waals surface area contributed by atoms with Gasteiger partial charge in [-0.05, 0) is 61.3 Å². The zero-order valence-corrected chi connectivity index (χ0v) is 26.6. The summed E-state index contributed by atoms with van der Waals surface area (Å²) >= 11 is 1.47. The molecule has 1 aliphatic heterocycles. The minimum Gasteiger partial charge on any atom is -0.444 e. The van der Waals surface area contributed by atoms with Crippen molar-refractivity contribution in [2.75, 3.05) is 6.54 Å². The van der Waals surface area contributed by atoms with Crippen LogP contribution < -0.4 is 16.0 Å². The van der Waals surface area contributed by atoms with E-state index in [9.17, 15) is 24.0 Å². The van der Waals surface area contributed by atoms with Crippen LogP contribution in [0, 0.1) is 22.7 Å². The number of ether oxygens (including phenoxy) is 1. The lowest BCUT2D eigenvalue weighted by atomic mass is 9.85. The summed E-state index contributed by atoms with van der Waals surface area (Å²) < 4.78 is 5.41. The second-order valence-electron chi connectivity index (χ2n) is 13.8. The van der Waals surface area contributed by atoms with Crippen LogP contribution in [0.25, 0.3) is 0 Å². The number of hydrogen-bond donors (Lipinski definition) is 3. The number of thiophene rings is 1. The van der Waals surface area contributed by atoms with E-state index in [4.69, 9.17) is 4.74 Å². The van der Waals surface area contributed by atoms with E-state index in [-0.39, 0.29) is 29.7 Å². The zero-order chi connectivity index (χ0) is 30.9. The third-order valence-electron chi connectivity index (χ3n) is 7.97. The second kappa shape index (κ2) is 12.1. The highest BCUT2D eigenvalue weighted by atomic mass is 32.1. The van der Waals surface area contributed by atoms with E-state index in [1.165, 1.54) is 16.2 Å². The Hall–Kier alpha value is -2.95. The fourth-order valence-corrected chi connectivity index (χ4v) is 6.34. The van der Waals surface area contributed by atoms with E-state index < -0.39 is 52.8 Å². The van der Waals surface area contributed by atoms with Gasteiger partial charge >= 0.3 is 6.09 Å². The molecule has 2 heterocycles. The van der Waals surface area contributed by atoms with Crippen LogP contribution in [-0.4, -0.2) is 64.8 Å². The Bertz CT molecular complexity index is 1150. The molecule has 3 rings (SSSR count). The number of nitrogens with zero attached hydrogens (tertiary/aromatic N) is 1. The summed E-state index contributed by atoms with van der Waals surface area (Å²) in [6, 6.07) is 0.955. The number of hydrogen-bond acceptors (Lipinski definition) is 7. The van der Waals surface area contributed by atoms with Crippen molar-refractivity contribution in [3.05, 3.63) is 22.4 Å². The number of alkyl carbamates (subject to hydrolysis) is 1. The summed E-state index contributed by atoms with van der Waals surface area (Å²) in [6.45, 7) is 17.4. The predicted octanol–water partition coefficient (Wildman–Crippen LogP) is 3.64. The molecule has 1 aromatic rings. The highest BCUT2D eigenvalue weighted by molar-refractivity contribution is 7.09. The van der Waals surface area contributed by atoms with Crippen LogP contribution in [0.3, 0.4) is 0 Å². The maximum Gasteiger partial charge on any atom is 0.408 e. The number of carbonyl (C=O) groups excluding carboxylic acids is 5. The van der Waals surface area contributed by atoms with Crippen LogP contribution in [0.15, 0.2) is 17.5 Å². The van der Waals surface area contributed by atoms with E-state index in [0.29, 0.717) is 19.4 Å². The molecule has 5 atom stereocenters. The average Bonchev–Trinajstić information content (AvgIpc) is 3.29. The largest absolute Gasteiger partial charge is 0.444 e. The van der Waals surface area contributed by atoms with Crippen LogP contribution >= 0.6 is 11.3 Å². The Balaban J connectivity index is 1.78. The van der Waals surface area contributed by atoms with Crippen molar-refractivity contribution in [2.24, 2.45) is 22.7 Å². The Morgan fingerprint density at radius 2 is 1.76 bits per heavy atom. The molecule has 10 nitrogen and oxygen atoms in total. The lowest BCUT2D eigenvalue weighted by Gasteiger charge is -2.38. The van der Waals surface area contributed by atoms with Crippen molar-refractivity contribution in [3.63, 3.8) is 0 Å². The second-order valence-corrected chi connectivity index (χ2v) is 14.8. The number of likely N-dealkylation sites (tertiary alicyclic amines) is 1.